The van der Waals surface area contributed by atoms with E-state index in [0.717, 1.165) is 6.07 Å². The highest BCUT2D eigenvalue weighted by molar-refractivity contribution is 5.77. The van der Waals surface area contributed by atoms with E-state index < -0.39 is 16.8 Å². The van der Waals surface area contributed by atoms with Gasteiger partial charge in [-0.1, -0.05) is 51.4 Å². The van der Waals surface area contributed by atoms with E-state index in [1.807, 2.05) is 0 Å². The average Bonchev–Trinajstić information content (AvgIpc) is 2.29. The molecule has 2 aromatic rings. The molecule has 0 heterocycles. The van der Waals surface area contributed by atoms with Crippen molar-refractivity contribution >= 4 is 5.69 Å². The van der Waals surface area contributed by atoms with E-state index >= 15 is 0 Å². The predicted molar refractivity (Wildman–Crippen MR) is 56.5 cm³/mol. The zero-order chi connectivity index (χ0) is 11.5. The second-order valence-corrected chi connectivity index (χ2v) is 3.23. The summed E-state index contributed by atoms with van der Waals surface area (Å²) in [4.78, 5) is 0. The van der Waals surface area contributed by atoms with Crippen LogP contribution in [-0.4, -0.2) is 0 Å². The van der Waals surface area contributed by atoms with Crippen molar-refractivity contribution < 1.29 is 13.4 Å². The molecule has 0 aliphatic rings. The van der Waals surface area contributed by atoms with Gasteiger partial charge in [0, 0.05) is 5.56 Å². The Hall–Kier alpha value is -1.97. The number of nitrogens with zero attached hydrogens (tertiary/aromatic N) is 1. The molecule has 0 aliphatic carbocycles. The first-order valence-electron chi connectivity index (χ1n) is 4.66. The lowest BCUT2D eigenvalue weighted by Gasteiger charge is -2.10. The molecule has 0 fully saturated rings. The first kappa shape index (κ1) is 10.5. The number of para-hydroxylation sites is 1. The summed E-state index contributed by atoms with van der Waals surface area (Å²) in [6.45, 7) is 0. The zero-order valence-electron chi connectivity index (χ0n) is 8.20. The molecular weight excluding hydrogens is 215 g/mol. The van der Waals surface area contributed by atoms with Crippen LogP contribution in [-0.2, 0) is 0 Å². The number of rotatable bonds is 2. The highest BCUT2D eigenvalue weighted by Crippen LogP contribution is 2.33. The summed E-state index contributed by atoms with van der Waals surface area (Å²) >= 11 is 0. The summed E-state index contributed by atoms with van der Waals surface area (Å²) in [5.41, 5.74) is 0.0246. The second-order valence-electron chi connectivity index (χ2n) is 3.23. The van der Waals surface area contributed by atoms with Gasteiger partial charge in [-0.3, -0.25) is 0 Å². The highest BCUT2D eigenvalue weighted by Gasteiger charge is 2.16. The van der Waals surface area contributed by atoms with Crippen LogP contribution in [0, 0.1) is 5.82 Å². The zero-order valence-corrected chi connectivity index (χ0v) is 8.20. The smallest absolute Gasteiger partial charge is 0.152 e. The number of anilines is 1. The van der Waals surface area contributed by atoms with Gasteiger partial charge < -0.3 is 0 Å². The maximum absolute atomic E-state index is 13.3. The van der Waals surface area contributed by atoms with Crippen molar-refractivity contribution in [1.82, 2.24) is 0 Å². The summed E-state index contributed by atoms with van der Waals surface area (Å²) in [7, 11) is 0. The fourth-order valence-electron chi connectivity index (χ4n) is 1.54. The van der Waals surface area contributed by atoms with Gasteiger partial charge in [0.15, 0.2) is 5.82 Å². The Morgan fingerprint density at radius 2 is 1.50 bits per heavy atom. The molecule has 0 atom stereocenters. The SMILES string of the molecule is Fc1cccc(-c2ccccc2)c1N(F)F. The third-order valence-electron chi connectivity index (χ3n) is 2.24. The van der Waals surface area contributed by atoms with E-state index in [9.17, 15) is 13.4 Å². The van der Waals surface area contributed by atoms with Gasteiger partial charge in [0.05, 0.1) is 0 Å². The van der Waals surface area contributed by atoms with Gasteiger partial charge in [-0.15, -0.1) is 0 Å². The Balaban J connectivity index is 2.61. The molecule has 0 N–H and O–H groups in total. The lowest BCUT2D eigenvalue weighted by Crippen LogP contribution is -2.01. The summed E-state index contributed by atoms with van der Waals surface area (Å²) in [6, 6.07) is 12.4. The number of halogens is 3. The Bertz CT molecular complexity index is 483. The van der Waals surface area contributed by atoms with Crippen LogP contribution in [0.5, 0.6) is 0 Å². The van der Waals surface area contributed by atoms with E-state index in [1.54, 1.807) is 30.3 Å². The first-order valence-corrected chi connectivity index (χ1v) is 4.66. The quantitative estimate of drug-likeness (QED) is 0.693. The van der Waals surface area contributed by atoms with Gasteiger partial charge >= 0.3 is 0 Å². The lowest BCUT2D eigenvalue weighted by molar-refractivity contribution is 0.231. The second kappa shape index (κ2) is 4.26. The van der Waals surface area contributed by atoms with Gasteiger partial charge in [-0.25, -0.2) is 4.39 Å². The summed E-state index contributed by atoms with van der Waals surface area (Å²) in [5.74, 6) is -0.939. The van der Waals surface area contributed by atoms with Crippen molar-refractivity contribution in [2.45, 2.75) is 0 Å². The number of hydrogen-bond acceptors (Lipinski definition) is 1. The Morgan fingerprint density at radius 1 is 0.812 bits per heavy atom. The van der Waals surface area contributed by atoms with Gasteiger partial charge in [0.1, 0.15) is 5.69 Å². The molecule has 0 radical (unpaired) electrons. The van der Waals surface area contributed by atoms with Crippen molar-refractivity contribution in [3.05, 3.63) is 54.3 Å². The maximum Gasteiger partial charge on any atom is 0.152 e. The van der Waals surface area contributed by atoms with Gasteiger partial charge in [-0.2, -0.15) is 0 Å². The van der Waals surface area contributed by atoms with Crippen molar-refractivity contribution in [3.63, 3.8) is 0 Å². The molecule has 2 rings (SSSR count). The third-order valence-corrected chi connectivity index (χ3v) is 2.24. The van der Waals surface area contributed by atoms with Crippen molar-refractivity contribution in [2.75, 3.05) is 5.34 Å². The Kier molecular flexibility index (Phi) is 2.81. The molecule has 0 saturated carbocycles. The van der Waals surface area contributed by atoms with Crippen LogP contribution in [0.1, 0.15) is 0 Å². The topological polar surface area (TPSA) is 3.24 Å². The molecule has 82 valence electrons. The molecule has 0 unspecified atom stereocenters. The van der Waals surface area contributed by atoms with E-state index in [2.05, 4.69) is 0 Å². The molecule has 0 saturated heterocycles. The van der Waals surface area contributed by atoms with E-state index in [-0.39, 0.29) is 5.56 Å². The Morgan fingerprint density at radius 3 is 2.12 bits per heavy atom. The van der Waals surface area contributed by atoms with E-state index in [0.29, 0.717) is 5.56 Å². The largest absolute Gasteiger partial charge is 0.204 e. The molecular formula is C12H8F3N. The third kappa shape index (κ3) is 1.86. The summed E-state index contributed by atoms with van der Waals surface area (Å²) < 4.78 is 38.4. The van der Waals surface area contributed by atoms with Crippen LogP contribution >= 0.6 is 0 Å². The van der Waals surface area contributed by atoms with Gasteiger partial charge in [-0.05, 0) is 17.0 Å². The molecule has 0 aromatic heterocycles. The summed E-state index contributed by atoms with van der Waals surface area (Å²) in [6.07, 6.45) is 0. The highest BCUT2D eigenvalue weighted by atomic mass is 19.4. The minimum Gasteiger partial charge on any atom is -0.204 e. The number of hydrogen-bond donors (Lipinski definition) is 0. The Labute approximate surface area is 90.6 Å². The van der Waals surface area contributed by atoms with E-state index in [1.165, 1.54) is 12.1 Å². The van der Waals surface area contributed by atoms with Gasteiger partial charge in [0.25, 0.3) is 0 Å². The summed E-state index contributed by atoms with van der Waals surface area (Å²) in [5, 5.41) is -1.20. The molecule has 4 heteroatoms. The van der Waals surface area contributed by atoms with Gasteiger partial charge in [0.2, 0.25) is 0 Å². The number of benzene rings is 2. The van der Waals surface area contributed by atoms with Crippen molar-refractivity contribution in [3.8, 4) is 11.1 Å². The van der Waals surface area contributed by atoms with Crippen molar-refractivity contribution in [1.29, 1.82) is 0 Å². The minimum absolute atomic E-state index is 0.172. The predicted octanol–water partition coefficient (Wildman–Crippen LogP) is 4.07. The molecule has 0 bridgehead atoms. The normalized spacial score (nSPS) is 10.2. The molecule has 0 aliphatic heterocycles. The minimum atomic E-state index is -1.20. The lowest BCUT2D eigenvalue weighted by atomic mass is 10.0. The van der Waals surface area contributed by atoms with Crippen LogP contribution in [0.4, 0.5) is 19.0 Å². The van der Waals surface area contributed by atoms with Crippen molar-refractivity contribution in [2.24, 2.45) is 0 Å². The molecule has 16 heavy (non-hydrogen) atoms. The standard InChI is InChI=1S/C12H8F3N/c13-11-8-4-7-10(12(11)16(14)15)9-5-2-1-3-6-9/h1-8H. The van der Waals surface area contributed by atoms with Crippen LogP contribution < -0.4 is 5.34 Å². The average molecular weight is 223 g/mol. The van der Waals surface area contributed by atoms with Crippen LogP contribution in [0.25, 0.3) is 11.1 Å². The maximum atomic E-state index is 13.3. The van der Waals surface area contributed by atoms with E-state index in [4.69, 9.17) is 0 Å². The molecule has 1 nitrogen and oxygen atoms in total. The van der Waals surface area contributed by atoms with Crippen LogP contribution in [0.15, 0.2) is 48.5 Å². The monoisotopic (exact) mass is 223 g/mol. The molecule has 0 amide bonds. The molecule has 2 aromatic carbocycles. The fraction of sp³-hybridized carbons (Fsp3) is 0. The fourth-order valence-corrected chi connectivity index (χ4v) is 1.54. The molecule has 0 spiro atoms. The van der Waals surface area contributed by atoms with Crippen LogP contribution in [0.3, 0.4) is 0 Å². The van der Waals surface area contributed by atoms with Crippen LogP contribution in [0.2, 0.25) is 0 Å². The first-order chi connectivity index (χ1) is 7.70.